The Bertz CT molecular complexity index is 556. The molecule has 0 aromatic heterocycles. The van der Waals surface area contributed by atoms with E-state index in [1.54, 1.807) is 0 Å². The second-order valence-corrected chi connectivity index (χ2v) is 9.40. The van der Waals surface area contributed by atoms with Crippen molar-refractivity contribution in [1.82, 2.24) is 0 Å². The third-order valence-corrected chi connectivity index (χ3v) is 7.39. The van der Waals surface area contributed by atoms with Crippen LogP contribution >= 0.6 is 0 Å². The van der Waals surface area contributed by atoms with Crippen molar-refractivity contribution in [3.8, 4) is 0 Å². The molecule has 2 fully saturated rings. The topological polar surface area (TPSA) is 38.3 Å². The zero-order valence-electron chi connectivity index (χ0n) is 15.0. The first kappa shape index (κ1) is 17.9. The van der Waals surface area contributed by atoms with Gasteiger partial charge >= 0.3 is 0 Å². The molecule has 0 unspecified atom stereocenters. The van der Waals surface area contributed by atoms with Crippen molar-refractivity contribution in [2.45, 2.75) is 63.0 Å². The zero-order chi connectivity index (χ0) is 16.9. The fourth-order valence-corrected chi connectivity index (χ4v) is 5.53. The largest absolute Gasteiger partial charge is 0.382 e. The number of hydrogen-bond acceptors (Lipinski definition) is 3. The predicted octanol–water partition coefficient (Wildman–Crippen LogP) is 4.35. The summed E-state index contributed by atoms with van der Waals surface area (Å²) in [5.41, 5.74) is 2.37. The molecule has 3 rings (SSSR count). The molecule has 0 radical (unpaired) electrons. The van der Waals surface area contributed by atoms with Gasteiger partial charge in [-0.1, -0.05) is 26.0 Å². The van der Waals surface area contributed by atoms with E-state index >= 15 is 0 Å². The standard InChI is InChI=1S/C20H31NO2S/c1-15-6-7-20(16(2)12-15)21-18-5-3-4-17(13-18)14-24(22)19-8-10-23-11-9-19/h3-5,13,15-16,19-21H,6-12,14H2,1-2H3/t15-,16+,20+,24-/m1/s1. The molecule has 0 amide bonds. The van der Waals surface area contributed by atoms with Crippen molar-refractivity contribution in [3.63, 3.8) is 0 Å². The molecular formula is C20H31NO2S. The second-order valence-electron chi connectivity index (χ2n) is 7.68. The number of rotatable bonds is 5. The van der Waals surface area contributed by atoms with Gasteiger partial charge in [-0.15, -0.1) is 0 Å². The lowest BCUT2D eigenvalue weighted by molar-refractivity contribution is 0.0992. The van der Waals surface area contributed by atoms with Gasteiger partial charge in [-0.2, -0.15) is 0 Å². The number of nitrogens with one attached hydrogen (secondary N) is 1. The highest BCUT2D eigenvalue weighted by molar-refractivity contribution is 7.84. The molecule has 24 heavy (non-hydrogen) atoms. The second kappa shape index (κ2) is 8.48. The summed E-state index contributed by atoms with van der Waals surface area (Å²) in [7, 11) is -0.792. The molecule has 1 heterocycles. The Hall–Kier alpha value is -0.870. The maximum absolute atomic E-state index is 12.6. The minimum Gasteiger partial charge on any atom is -0.382 e. The van der Waals surface area contributed by atoms with Crippen LogP contribution in [0.3, 0.4) is 0 Å². The van der Waals surface area contributed by atoms with Crippen LogP contribution in [0.5, 0.6) is 0 Å². The highest BCUT2D eigenvalue weighted by atomic mass is 32.2. The van der Waals surface area contributed by atoms with Crippen LogP contribution in [0.25, 0.3) is 0 Å². The molecule has 3 nitrogen and oxygen atoms in total. The lowest BCUT2D eigenvalue weighted by Gasteiger charge is -2.34. The highest BCUT2D eigenvalue weighted by Crippen LogP contribution is 2.31. The number of hydrogen-bond donors (Lipinski definition) is 1. The van der Waals surface area contributed by atoms with Gasteiger partial charge in [-0.05, 0) is 61.6 Å². The van der Waals surface area contributed by atoms with Gasteiger partial charge in [0, 0.05) is 46.7 Å². The van der Waals surface area contributed by atoms with Crippen LogP contribution in [-0.2, 0) is 21.3 Å². The Morgan fingerprint density at radius 2 is 1.96 bits per heavy atom. The van der Waals surface area contributed by atoms with Crippen LogP contribution in [0, 0.1) is 11.8 Å². The van der Waals surface area contributed by atoms with E-state index in [9.17, 15) is 4.21 Å². The SMILES string of the molecule is C[C@@H]1CC[C@H](Nc2cccc(C[S@@](=O)C3CCOCC3)c2)[C@@H](C)C1. The van der Waals surface area contributed by atoms with E-state index < -0.39 is 10.8 Å². The first-order valence-electron chi connectivity index (χ1n) is 9.42. The quantitative estimate of drug-likeness (QED) is 0.859. The van der Waals surface area contributed by atoms with E-state index in [0.29, 0.717) is 23.0 Å². The molecule has 2 aliphatic rings. The maximum atomic E-state index is 12.6. The third kappa shape index (κ3) is 4.82. The molecule has 0 spiro atoms. The van der Waals surface area contributed by atoms with Crippen molar-refractivity contribution in [3.05, 3.63) is 29.8 Å². The van der Waals surface area contributed by atoms with E-state index in [1.165, 1.54) is 30.5 Å². The molecule has 0 bridgehead atoms. The molecule has 1 N–H and O–H groups in total. The van der Waals surface area contributed by atoms with Crippen LogP contribution in [0.2, 0.25) is 0 Å². The van der Waals surface area contributed by atoms with Crippen LogP contribution in [-0.4, -0.2) is 28.7 Å². The highest BCUT2D eigenvalue weighted by Gasteiger charge is 2.25. The maximum Gasteiger partial charge on any atom is 0.0489 e. The van der Waals surface area contributed by atoms with Gasteiger partial charge in [0.05, 0.1) is 0 Å². The minimum absolute atomic E-state index is 0.301. The van der Waals surface area contributed by atoms with Gasteiger partial charge in [0.25, 0.3) is 0 Å². The lowest BCUT2D eigenvalue weighted by atomic mass is 9.80. The Morgan fingerprint density at radius 3 is 2.71 bits per heavy atom. The summed E-state index contributed by atoms with van der Waals surface area (Å²) in [6.45, 7) is 6.24. The summed E-state index contributed by atoms with van der Waals surface area (Å²) >= 11 is 0. The normalized spacial score (nSPS) is 30.0. The summed E-state index contributed by atoms with van der Waals surface area (Å²) in [6, 6.07) is 9.11. The first-order valence-corrected chi connectivity index (χ1v) is 10.8. The molecule has 134 valence electrons. The van der Waals surface area contributed by atoms with Crippen molar-refractivity contribution in [2.75, 3.05) is 18.5 Å². The molecule has 1 aromatic carbocycles. The summed E-state index contributed by atoms with van der Waals surface area (Å²) in [5, 5.41) is 4.03. The third-order valence-electron chi connectivity index (χ3n) is 5.56. The van der Waals surface area contributed by atoms with Gasteiger partial charge in [-0.25, -0.2) is 0 Å². The summed E-state index contributed by atoms with van der Waals surface area (Å²) in [4.78, 5) is 0. The molecule has 1 aromatic rings. The van der Waals surface area contributed by atoms with E-state index in [1.807, 2.05) is 0 Å². The fourth-order valence-electron chi connectivity index (χ4n) is 4.07. The Kier molecular flexibility index (Phi) is 6.34. The summed E-state index contributed by atoms with van der Waals surface area (Å²) in [5.74, 6) is 2.23. The molecular weight excluding hydrogens is 318 g/mol. The van der Waals surface area contributed by atoms with Crippen molar-refractivity contribution < 1.29 is 8.95 Å². The van der Waals surface area contributed by atoms with E-state index in [2.05, 4.69) is 43.4 Å². The average Bonchev–Trinajstić information content (AvgIpc) is 2.58. The summed E-state index contributed by atoms with van der Waals surface area (Å²) in [6.07, 6.45) is 5.74. The zero-order valence-corrected chi connectivity index (χ0v) is 15.8. The van der Waals surface area contributed by atoms with Crippen LogP contribution in [0.15, 0.2) is 24.3 Å². The van der Waals surface area contributed by atoms with E-state index in [4.69, 9.17) is 4.74 Å². The van der Waals surface area contributed by atoms with Crippen LogP contribution in [0.1, 0.15) is 51.5 Å². The van der Waals surface area contributed by atoms with E-state index in [-0.39, 0.29) is 0 Å². The Morgan fingerprint density at radius 1 is 1.17 bits per heavy atom. The predicted molar refractivity (Wildman–Crippen MR) is 102 cm³/mol. The van der Waals surface area contributed by atoms with Crippen molar-refractivity contribution in [1.29, 1.82) is 0 Å². The van der Waals surface area contributed by atoms with Gasteiger partial charge < -0.3 is 10.1 Å². The van der Waals surface area contributed by atoms with Crippen LogP contribution < -0.4 is 5.32 Å². The van der Waals surface area contributed by atoms with Crippen LogP contribution in [0.4, 0.5) is 5.69 Å². The van der Waals surface area contributed by atoms with Crippen molar-refractivity contribution >= 4 is 16.5 Å². The van der Waals surface area contributed by atoms with E-state index in [0.717, 1.165) is 32.0 Å². The Balaban J connectivity index is 1.58. The average molecular weight is 350 g/mol. The summed E-state index contributed by atoms with van der Waals surface area (Å²) < 4.78 is 18.0. The number of benzene rings is 1. The van der Waals surface area contributed by atoms with Gasteiger partial charge in [-0.3, -0.25) is 4.21 Å². The van der Waals surface area contributed by atoms with Crippen molar-refractivity contribution in [2.24, 2.45) is 11.8 Å². The number of ether oxygens (including phenoxy) is 1. The van der Waals surface area contributed by atoms with Gasteiger partial charge in [0.2, 0.25) is 0 Å². The first-order chi connectivity index (χ1) is 11.6. The van der Waals surface area contributed by atoms with Gasteiger partial charge in [0.15, 0.2) is 0 Å². The molecule has 1 aliphatic heterocycles. The molecule has 4 atom stereocenters. The molecule has 1 saturated carbocycles. The van der Waals surface area contributed by atoms with Gasteiger partial charge in [0.1, 0.15) is 0 Å². The lowest BCUT2D eigenvalue weighted by Crippen LogP contribution is -2.33. The molecule has 1 saturated heterocycles. The monoisotopic (exact) mass is 349 g/mol. The fraction of sp³-hybridized carbons (Fsp3) is 0.700. The smallest absolute Gasteiger partial charge is 0.0489 e. The number of anilines is 1. The minimum atomic E-state index is -0.792. The molecule has 4 heteroatoms. The molecule has 1 aliphatic carbocycles. The Labute approximate surface area is 149 Å².